The van der Waals surface area contributed by atoms with Gasteiger partial charge in [-0.25, -0.2) is 0 Å². The van der Waals surface area contributed by atoms with Crippen molar-refractivity contribution in [1.82, 2.24) is 10.2 Å². The molecule has 188 valence electrons. The molecule has 9 nitrogen and oxygen atoms in total. The molecule has 3 N–H and O–H groups in total. The molecule has 1 aliphatic carbocycles. The van der Waals surface area contributed by atoms with Gasteiger partial charge in [0, 0.05) is 6.04 Å². The first kappa shape index (κ1) is 26.0. The molecule has 2 aromatic carbocycles. The normalized spacial score (nSPS) is 14.6. The first-order valence-corrected chi connectivity index (χ1v) is 11.5. The zero-order chi connectivity index (χ0) is 25.5. The molecule has 0 aromatic heterocycles. The van der Waals surface area contributed by atoms with E-state index in [9.17, 15) is 24.6 Å². The van der Waals surface area contributed by atoms with Gasteiger partial charge in [0.05, 0.1) is 20.3 Å². The second kappa shape index (κ2) is 11.7. The van der Waals surface area contributed by atoms with E-state index in [1.165, 1.54) is 19.1 Å². The Morgan fingerprint density at radius 1 is 1.03 bits per heavy atom. The van der Waals surface area contributed by atoms with Crippen LogP contribution in [0.15, 0.2) is 42.5 Å². The van der Waals surface area contributed by atoms with Crippen LogP contribution >= 0.6 is 0 Å². The van der Waals surface area contributed by atoms with E-state index in [1.54, 1.807) is 19.1 Å². The van der Waals surface area contributed by atoms with Gasteiger partial charge in [0.2, 0.25) is 5.91 Å². The minimum Gasteiger partial charge on any atom is -0.493 e. The predicted octanol–water partition coefficient (Wildman–Crippen LogP) is 2.15. The van der Waals surface area contributed by atoms with Crippen LogP contribution in [0.2, 0.25) is 0 Å². The first-order chi connectivity index (χ1) is 16.7. The molecule has 0 heterocycles. The third-order valence-corrected chi connectivity index (χ3v) is 6.35. The zero-order valence-corrected chi connectivity index (χ0v) is 20.2. The number of fused-ring (bicyclic) bond motifs is 1. The van der Waals surface area contributed by atoms with Crippen molar-refractivity contribution in [2.24, 2.45) is 0 Å². The molecule has 0 aliphatic heterocycles. The molecule has 9 heteroatoms. The Bertz CT molecular complexity index is 1050. The highest BCUT2D eigenvalue weighted by atomic mass is 16.5. The molecule has 0 saturated heterocycles. The summed E-state index contributed by atoms with van der Waals surface area (Å²) in [6.07, 6.45) is 1.81. The van der Waals surface area contributed by atoms with Crippen LogP contribution in [0, 0.1) is 0 Å². The van der Waals surface area contributed by atoms with E-state index in [4.69, 9.17) is 9.47 Å². The number of carbonyl (C=O) groups excluding carboxylic acids is 1. The molecule has 0 fully saturated rings. The van der Waals surface area contributed by atoms with Gasteiger partial charge in [-0.05, 0) is 61.4 Å². The second-order valence-electron chi connectivity index (χ2n) is 8.70. The van der Waals surface area contributed by atoms with E-state index < -0.39 is 36.5 Å². The van der Waals surface area contributed by atoms with Crippen molar-refractivity contribution in [2.75, 3.05) is 20.8 Å². The molecule has 3 rings (SSSR count). The molecule has 0 bridgehead atoms. The number of carbonyl (C=O) groups is 3. The molecule has 1 aliphatic rings. The van der Waals surface area contributed by atoms with Crippen LogP contribution in [0.1, 0.15) is 30.0 Å². The summed E-state index contributed by atoms with van der Waals surface area (Å²) in [6.45, 7) is 1.14. The van der Waals surface area contributed by atoms with E-state index in [2.05, 4.69) is 5.32 Å². The fourth-order valence-corrected chi connectivity index (χ4v) is 4.54. The van der Waals surface area contributed by atoms with Crippen molar-refractivity contribution in [1.29, 1.82) is 0 Å². The largest absolute Gasteiger partial charge is 0.493 e. The van der Waals surface area contributed by atoms with Crippen LogP contribution in [-0.4, -0.2) is 71.8 Å². The van der Waals surface area contributed by atoms with Crippen LogP contribution in [0.3, 0.4) is 0 Å². The summed E-state index contributed by atoms with van der Waals surface area (Å²) in [5.74, 6) is -1.48. The molecule has 35 heavy (non-hydrogen) atoms. The molecule has 2 atom stereocenters. The van der Waals surface area contributed by atoms with Gasteiger partial charge in [-0.1, -0.05) is 30.3 Å². The van der Waals surface area contributed by atoms with Gasteiger partial charge >= 0.3 is 11.9 Å². The van der Waals surface area contributed by atoms with Crippen LogP contribution in [-0.2, 0) is 33.6 Å². The lowest BCUT2D eigenvalue weighted by molar-refractivity contribution is -0.148. The predicted molar refractivity (Wildman–Crippen MR) is 129 cm³/mol. The number of rotatable bonds is 12. The number of methoxy groups -OCH3 is 2. The number of aliphatic carboxylic acids is 2. The van der Waals surface area contributed by atoms with Crippen LogP contribution in [0.4, 0.5) is 0 Å². The van der Waals surface area contributed by atoms with Gasteiger partial charge in [0.15, 0.2) is 11.5 Å². The third kappa shape index (κ3) is 6.51. The lowest BCUT2D eigenvalue weighted by atomic mass is 10.0. The van der Waals surface area contributed by atoms with E-state index >= 15 is 0 Å². The Labute approximate surface area is 204 Å². The molecule has 1 unspecified atom stereocenters. The summed E-state index contributed by atoms with van der Waals surface area (Å²) in [6, 6.07) is 11.0. The van der Waals surface area contributed by atoms with E-state index in [-0.39, 0.29) is 12.5 Å². The first-order valence-electron chi connectivity index (χ1n) is 11.5. The maximum Gasteiger partial charge on any atom is 0.323 e. The number of hydrogen-bond acceptors (Lipinski definition) is 6. The maximum atomic E-state index is 13.3. The Morgan fingerprint density at radius 2 is 1.66 bits per heavy atom. The monoisotopic (exact) mass is 484 g/mol. The molecule has 0 saturated carbocycles. The van der Waals surface area contributed by atoms with E-state index in [0.29, 0.717) is 30.8 Å². The number of nitrogens with one attached hydrogen (secondary N) is 1. The smallest absolute Gasteiger partial charge is 0.323 e. The van der Waals surface area contributed by atoms with Crippen molar-refractivity contribution in [2.45, 2.75) is 50.7 Å². The molecule has 1 amide bonds. The van der Waals surface area contributed by atoms with Crippen molar-refractivity contribution in [3.63, 3.8) is 0 Å². The average molecular weight is 485 g/mol. The lowest BCUT2D eigenvalue weighted by Gasteiger charge is -2.31. The topological polar surface area (TPSA) is 125 Å². The number of ether oxygens (including phenoxy) is 2. The number of carboxylic acids is 2. The summed E-state index contributed by atoms with van der Waals surface area (Å²) < 4.78 is 10.5. The number of hydrogen-bond donors (Lipinski definition) is 3. The standard InChI is InChI=1S/C26H32N2O7/c1-16(25(31)28(15-24(29)30)20-13-18-6-4-5-7-19(18)14-20)27-21(26(32)33)10-8-17-9-11-22(34-2)23(12-17)35-3/h4-7,9,11-12,16,20-21,27H,8,10,13-15H2,1-3H3,(H,29,30)(H,32,33)/t16-,21?/m0/s1. The lowest BCUT2D eigenvalue weighted by Crippen LogP contribution is -2.54. The number of aryl methyl sites for hydroxylation is 1. The van der Waals surface area contributed by atoms with Crippen molar-refractivity contribution in [3.8, 4) is 11.5 Å². The Morgan fingerprint density at radius 3 is 2.20 bits per heavy atom. The highest BCUT2D eigenvalue weighted by Gasteiger charge is 2.34. The number of carboxylic acid groups (broad SMARTS) is 2. The number of benzene rings is 2. The quantitative estimate of drug-likeness (QED) is 0.419. The van der Waals surface area contributed by atoms with Crippen LogP contribution < -0.4 is 14.8 Å². The molecule has 2 aromatic rings. The van der Waals surface area contributed by atoms with Crippen molar-refractivity contribution >= 4 is 17.8 Å². The van der Waals surface area contributed by atoms with Crippen molar-refractivity contribution in [3.05, 3.63) is 59.2 Å². The molecule has 0 spiro atoms. The summed E-state index contributed by atoms with van der Waals surface area (Å²) in [4.78, 5) is 38.1. The van der Waals surface area contributed by atoms with E-state index in [0.717, 1.165) is 16.7 Å². The minimum absolute atomic E-state index is 0.232. The molecular weight excluding hydrogens is 452 g/mol. The molecule has 0 radical (unpaired) electrons. The third-order valence-electron chi connectivity index (χ3n) is 6.35. The van der Waals surface area contributed by atoms with Gasteiger partial charge in [-0.15, -0.1) is 0 Å². The SMILES string of the molecule is COc1ccc(CCC(N[C@@H](C)C(=O)N(CC(=O)O)C2Cc3ccccc3C2)C(=O)O)cc1OC. The summed E-state index contributed by atoms with van der Waals surface area (Å²) >= 11 is 0. The summed E-state index contributed by atoms with van der Waals surface area (Å²) in [5.41, 5.74) is 3.06. The number of amides is 1. The number of nitrogens with zero attached hydrogens (tertiary/aromatic N) is 1. The van der Waals surface area contributed by atoms with Gasteiger partial charge in [0.25, 0.3) is 0 Å². The zero-order valence-electron chi connectivity index (χ0n) is 20.2. The van der Waals surface area contributed by atoms with Gasteiger partial charge in [0.1, 0.15) is 12.6 Å². The fourth-order valence-electron chi connectivity index (χ4n) is 4.54. The molecular formula is C26H32N2O7. The Balaban J connectivity index is 1.67. The minimum atomic E-state index is -1.11. The summed E-state index contributed by atoms with van der Waals surface area (Å²) in [7, 11) is 3.07. The van der Waals surface area contributed by atoms with Gasteiger partial charge in [-0.2, -0.15) is 0 Å². The summed E-state index contributed by atoms with van der Waals surface area (Å²) in [5, 5.41) is 22.1. The van der Waals surface area contributed by atoms with Crippen LogP contribution in [0.25, 0.3) is 0 Å². The van der Waals surface area contributed by atoms with Gasteiger partial charge in [-0.3, -0.25) is 19.7 Å². The van der Waals surface area contributed by atoms with Gasteiger partial charge < -0.3 is 24.6 Å². The Hall–Kier alpha value is -3.59. The van der Waals surface area contributed by atoms with Crippen LogP contribution in [0.5, 0.6) is 11.5 Å². The van der Waals surface area contributed by atoms with E-state index in [1.807, 2.05) is 30.3 Å². The average Bonchev–Trinajstić information content (AvgIpc) is 3.28. The second-order valence-corrected chi connectivity index (χ2v) is 8.70. The highest BCUT2D eigenvalue weighted by molar-refractivity contribution is 5.86. The Kier molecular flexibility index (Phi) is 8.70. The maximum absolute atomic E-state index is 13.3. The van der Waals surface area contributed by atoms with Crippen molar-refractivity contribution < 1.29 is 34.1 Å². The fraction of sp³-hybridized carbons (Fsp3) is 0.423. The highest BCUT2D eigenvalue weighted by Crippen LogP contribution is 2.28.